The first-order chi connectivity index (χ1) is 18.0. The minimum atomic E-state index is -0.702. The molecule has 5 rings (SSSR count). The number of fused-ring (bicyclic) bond motifs is 1. The minimum Gasteiger partial charge on any atom is -0.330 e. The van der Waals surface area contributed by atoms with E-state index < -0.39 is 12.0 Å². The lowest BCUT2D eigenvalue weighted by Crippen LogP contribution is -2.49. The van der Waals surface area contributed by atoms with E-state index in [1.54, 1.807) is 18.2 Å². The predicted octanol–water partition coefficient (Wildman–Crippen LogP) is 7.10. The lowest BCUT2D eigenvalue weighted by atomic mass is 9.78. The Hall–Kier alpha value is -2.86. The Morgan fingerprint density at radius 3 is 2.41 bits per heavy atom. The van der Waals surface area contributed by atoms with E-state index in [2.05, 4.69) is 5.48 Å². The van der Waals surface area contributed by atoms with E-state index in [1.165, 1.54) is 6.42 Å². The molecule has 2 aliphatic rings. The van der Waals surface area contributed by atoms with Crippen molar-refractivity contribution < 1.29 is 14.4 Å². The van der Waals surface area contributed by atoms with E-state index in [1.807, 2.05) is 59.5 Å². The molecule has 1 N–H and O–H groups in total. The number of nitrogens with one attached hydrogen (secondary N) is 1. The largest absolute Gasteiger partial charge is 0.330 e. The van der Waals surface area contributed by atoms with Gasteiger partial charge in [0.15, 0.2) is 0 Å². The quantitative estimate of drug-likeness (QED) is 0.327. The van der Waals surface area contributed by atoms with Crippen LogP contribution in [0.15, 0.2) is 72.8 Å². The van der Waals surface area contributed by atoms with Gasteiger partial charge in [-0.15, -0.1) is 0 Å². The van der Waals surface area contributed by atoms with Gasteiger partial charge >= 0.3 is 0 Å². The molecule has 0 radical (unpaired) electrons. The molecule has 192 valence electrons. The van der Waals surface area contributed by atoms with Crippen molar-refractivity contribution in [2.45, 2.75) is 50.7 Å². The molecule has 0 aromatic heterocycles. The molecule has 0 unspecified atom stereocenters. The van der Waals surface area contributed by atoms with Gasteiger partial charge in [-0.3, -0.25) is 14.4 Å². The summed E-state index contributed by atoms with van der Waals surface area (Å²) in [6, 6.07) is 21.7. The Balaban J connectivity index is 1.52. The predicted molar refractivity (Wildman–Crippen MR) is 145 cm³/mol. The molecule has 0 saturated heterocycles. The SMILES string of the molecule is O=C(NOCc1ccccc1)[C@@H]1c2ccccc2C(=O)N(CC2CCCCC2)[C@H]1c1ccc(Cl)cc1Cl. The maximum Gasteiger partial charge on any atom is 0.254 e. The zero-order valence-electron chi connectivity index (χ0n) is 20.5. The maximum absolute atomic E-state index is 13.9. The van der Waals surface area contributed by atoms with Gasteiger partial charge in [0.05, 0.1) is 18.6 Å². The van der Waals surface area contributed by atoms with Crippen molar-refractivity contribution >= 4 is 35.0 Å². The first-order valence-corrected chi connectivity index (χ1v) is 13.6. The third-order valence-electron chi connectivity index (χ3n) is 7.44. The summed E-state index contributed by atoms with van der Waals surface area (Å²) in [5.74, 6) is -0.714. The lowest BCUT2D eigenvalue weighted by Gasteiger charge is -2.43. The monoisotopic (exact) mass is 536 g/mol. The summed E-state index contributed by atoms with van der Waals surface area (Å²) >= 11 is 12.9. The van der Waals surface area contributed by atoms with Gasteiger partial charge in [-0.1, -0.05) is 97.1 Å². The van der Waals surface area contributed by atoms with Crippen LogP contribution in [0.5, 0.6) is 0 Å². The summed E-state index contributed by atoms with van der Waals surface area (Å²) in [4.78, 5) is 35.2. The molecule has 2 atom stereocenters. The molecule has 1 saturated carbocycles. The smallest absolute Gasteiger partial charge is 0.254 e. The van der Waals surface area contributed by atoms with Crippen LogP contribution in [0.25, 0.3) is 0 Å². The number of carbonyl (C=O) groups excluding carboxylic acids is 2. The van der Waals surface area contributed by atoms with Gasteiger partial charge in [0, 0.05) is 22.2 Å². The van der Waals surface area contributed by atoms with Gasteiger partial charge in [0.25, 0.3) is 11.8 Å². The van der Waals surface area contributed by atoms with Crippen molar-refractivity contribution in [1.82, 2.24) is 10.4 Å². The zero-order valence-corrected chi connectivity index (χ0v) is 22.0. The molecule has 0 bridgehead atoms. The fourth-order valence-corrected chi connectivity index (χ4v) is 6.16. The summed E-state index contributed by atoms with van der Waals surface area (Å²) in [7, 11) is 0. The Morgan fingerprint density at radius 2 is 1.65 bits per heavy atom. The molecule has 3 aromatic carbocycles. The normalized spacial score (nSPS) is 19.9. The van der Waals surface area contributed by atoms with Crippen LogP contribution in [0.2, 0.25) is 10.0 Å². The lowest BCUT2D eigenvalue weighted by molar-refractivity contribution is -0.138. The van der Waals surface area contributed by atoms with Crippen molar-refractivity contribution in [1.29, 1.82) is 0 Å². The zero-order chi connectivity index (χ0) is 25.8. The number of hydroxylamine groups is 1. The third kappa shape index (κ3) is 5.69. The first kappa shape index (κ1) is 25.8. The van der Waals surface area contributed by atoms with Crippen molar-refractivity contribution in [3.63, 3.8) is 0 Å². The van der Waals surface area contributed by atoms with Gasteiger partial charge in [-0.05, 0) is 53.6 Å². The number of nitrogens with zero attached hydrogens (tertiary/aromatic N) is 1. The molecule has 5 nitrogen and oxygen atoms in total. The van der Waals surface area contributed by atoms with Gasteiger partial charge in [0.1, 0.15) is 0 Å². The van der Waals surface area contributed by atoms with E-state index in [9.17, 15) is 9.59 Å². The van der Waals surface area contributed by atoms with Gasteiger partial charge < -0.3 is 4.90 Å². The highest BCUT2D eigenvalue weighted by molar-refractivity contribution is 6.35. The molecule has 37 heavy (non-hydrogen) atoms. The van der Waals surface area contributed by atoms with E-state index in [4.69, 9.17) is 28.0 Å². The third-order valence-corrected chi connectivity index (χ3v) is 8.00. The second-order valence-electron chi connectivity index (χ2n) is 9.88. The highest BCUT2D eigenvalue weighted by Crippen LogP contribution is 2.46. The molecule has 3 aromatic rings. The molecule has 1 aliphatic heterocycles. The highest BCUT2D eigenvalue weighted by atomic mass is 35.5. The van der Waals surface area contributed by atoms with E-state index >= 15 is 0 Å². The maximum atomic E-state index is 13.9. The van der Waals surface area contributed by atoms with Crippen molar-refractivity contribution in [2.24, 2.45) is 5.92 Å². The number of rotatable bonds is 7. The number of halogens is 2. The average Bonchev–Trinajstić information content (AvgIpc) is 2.91. The highest BCUT2D eigenvalue weighted by Gasteiger charge is 2.45. The molecule has 1 heterocycles. The standard InChI is InChI=1S/C30H30Cl2N2O3/c31-22-15-16-25(26(32)17-22)28-27(29(35)33-37-19-21-11-5-2-6-12-21)23-13-7-8-14-24(23)30(36)34(28)18-20-9-3-1-4-10-20/h2,5-8,11-17,20,27-28H,1,3-4,9-10,18-19H2,(H,33,35)/t27-,28+/m1/s1. The van der Waals surface area contributed by atoms with E-state index in [0.717, 1.165) is 31.2 Å². The summed E-state index contributed by atoms with van der Waals surface area (Å²) in [6.07, 6.45) is 5.69. The average molecular weight is 537 g/mol. The van der Waals surface area contributed by atoms with Gasteiger partial charge in [0.2, 0.25) is 0 Å². The van der Waals surface area contributed by atoms with E-state index in [0.29, 0.717) is 39.2 Å². The summed E-state index contributed by atoms with van der Waals surface area (Å²) in [5, 5.41) is 0.934. The van der Waals surface area contributed by atoms with Crippen LogP contribution >= 0.6 is 23.2 Å². The van der Waals surface area contributed by atoms with Gasteiger partial charge in [-0.25, -0.2) is 5.48 Å². The fourth-order valence-electron chi connectivity index (χ4n) is 5.64. The number of benzene rings is 3. The van der Waals surface area contributed by atoms with Gasteiger partial charge in [-0.2, -0.15) is 0 Å². The molecule has 1 aliphatic carbocycles. The second-order valence-corrected chi connectivity index (χ2v) is 10.7. The Morgan fingerprint density at radius 1 is 0.919 bits per heavy atom. The Bertz CT molecular complexity index is 1260. The number of carbonyl (C=O) groups is 2. The summed E-state index contributed by atoms with van der Waals surface area (Å²) in [6.45, 7) is 0.809. The molecular weight excluding hydrogens is 507 g/mol. The van der Waals surface area contributed by atoms with Crippen LogP contribution in [-0.2, 0) is 16.2 Å². The summed E-state index contributed by atoms with van der Waals surface area (Å²) < 4.78 is 0. The van der Waals surface area contributed by atoms with E-state index in [-0.39, 0.29) is 18.4 Å². The fraction of sp³-hybridized carbons (Fsp3) is 0.333. The first-order valence-electron chi connectivity index (χ1n) is 12.8. The summed E-state index contributed by atoms with van der Waals surface area (Å²) in [5.41, 5.74) is 5.52. The number of hydrogen-bond donors (Lipinski definition) is 1. The molecule has 7 heteroatoms. The molecule has 1 fully saturated rings. The molecular formula is C30H30Cl2N2O3. The minimum absolute atomic E-state index is 0.0774. The van der Waals surface area contributed by atoms with Crippen LogP contribution in [0, 0.1) is 5.92 Å². The van der Waals surface area contributed by atoms with Crippen LogP contribution in [-0.4, -0.2) is 23.3 Å². The van der Waals surface area contributed by atoms with Crippen LogP contribution in [0.4, 0.5) is 0 Å². The molecule has 2 amide bonds. The van der Waals surface area contributed by atoms with Crippen LogP contribution < -0.4 is 5.48 Å². The number of hydrogen-bond acceptors (Lipinski definition) is 3. The van der Waals surface area contributed by atoms with Crippen molar-refractivity contribution in [3.8, 4) is 0 Å². The Labute approximate surface area is 227 Å². The van der Waals surface area contributed by atoms with Crippen LogP contribution in [0.3, 0.4) is 0 Å². The molecule has 0 spiro atoms. The number of amides is 2. The van der Waals surface area contributed by atoms with Crippen molar-refractivity contribution in [3.05, 3.63) is 105 Å². The van der Waals surface area contributed by atoms with Crippen molar-refractivity contribution in [2.75, 3.05) is 6.54 Å². The Kier molecular flexibility index (Phi) is 8.14. The topological polar surface area (TPSA) is 58.6 Å². The van der Waals surface area contributed by atoms with Crippen LogP contribution in [0.1, 0.15) is 71.1 Å². The second kappa shape index (κ2) is 11.7.